The number of alkyl halides is 3. The van der Waals surface area contributed by atoms with Gasteiger partial charge < -0.3 is 4.74 Å². The summed E-state index contributed by atoms with van der Waals surface area (Å²) in [6.07, 6.45) is -5.10. The fourth-order valence-corrected chi connectivity index (χ4v) is 1.07. The molecule has 0 aromatic carbocycles. The molecule has 1 rings (SSSR count). The Labute approximate surface area is 100 Å². The average Bonchev–Trinajstić information content (AvgIpc) is 2.17. The minimum absolute atomic E-state index is 0.258. The van der Waals surface area contributed by atoms with Crippen molar-refractivity contribution in [3.8, 4) is 5.75 Å². The fraction of sp³-hybridized carbons (Fsp3) is 0.143. The van der Waals surface area contributed by atoms with E-state index in [1.165, 1.54) is 0 Å². The van der Waals surface area contributed by atoms with Crippen LogP contribution < -0.4 is 4.74 Å². The van der Waals surface area contributed by atoms with Crippen LogP contribution in [0.1, 0.15) is 10.5 Å². The summed E-state index contributed by atoms with van der Waals surface area (Å²) >= 11 is 4.86. The van der Waals surface area contributed by atoms with Crippen LogP contribution in [0.3, 0.4) is 0 Å². The minimum Gasteiger partial charge on any atom is -0.400 e. The number of halogens is 5. The molecule has 1 aromatic rings. The van der Waals surface area contributed by atoms with Crippen molar-refractivity contribution in [1.29, 1.82) is 0 Å². The molecule has 11 heteroatoms. The molecule has 0 unspecified atom stereocenters. The standard InChI is InChI=1S/C7HClF4N2O4/c8-6(15)4-5(18-7(10,11)12)3(9)2(1-13-4)14(16)17/h1H. The van der Waals surface area contributed by atoms with Crippen LogP contribution in [-0.4, -0.2) is 21.5 Å². The molecule has 0 saturated carbocycles. The highest BCUT2D eigenvalue weighted by molar-refractivity contribution is 6.67. The van der Waals surface area contributed by atoms with Crippen molar-refractivity contribution in [2.45, 2.75) is 6.36 Å². The van der Waals surface area contributed by atoms with Crippen LogP contribution in [0.15, 0.2) is 6.20 Å². The lowest BCUT2D eigenvalue weighted by Crippen LogP contribution is -2.20. The number of carbonyl (C=O) groups excluding carboxylic acids is 1. The molecule has 0 bridgehead atoms. The fourth-order valence-electron chi connectivity index (χ4n) is 0.937. The number of nitro groups is 1. The van der Waals surface area contributed by atoms with Gasteiger partial charge in [-0.05, 0) is 11.6 Å². The van der Waals surface area contributed by atoms with Gasteiger partial charge in [-0.2, -0.15) is 4.39 Å². The van der Waals surface area contributed by atoms with E-state index in [0.29, 0.717) is 0 Å². The Morgan fingerprint density at radius 1 is 1.50 bits per heavy atom. The van der Waals surface area contributed by atoms with E-state index in [0.717, 1.165) is 0 Å². The lowest BCUT2D eigenvalue weighted by atomic mass is 10.3. The number of carbonyl (C=O) groups is 1. The Balaban J connectivity index is 3.45. The minimum atomic E-state index is -5.36. The van der Waals surface area contributed by atoms with Crippen molar-refractivity contribution in [3.05, 3.63) is 27.8 Å². The van der Waals surface area contributed by atoms with Crippen LogP contribution in [0.5, 0.6) is 5.75 Å². The molecule has 0 N–H and O–H groups in total. The van der Waals surface area contributed by atoms with E-state index < -0.39 is 39.5 Å². The van der Waals surface area contributed by atoms with E-state index in [9.17, 15) is 32.5 Å². The van der Waals surface area contributed by atoms with Crippen LogP contribution in [0.4, 0.5) is 23.2 Å². The topological polar surface area (TPSA) is 82.3 Å². The molecule has 0 aliphatic rings. The summed E-state index contributed by atoms with van der Waals surface area (Å²) in [7, 11) is 0. The van der Waals surface area contributed by atoms with Gasteiger partial charge in [-0.3, -0.25) is 14.9 Å². The molecule has 0 radical (unpaired) electrons. The van der Waals surface area contributed by atoms with E-state index in [-0.39, 0.29) is 6.20 Å². The molecule has 0 fully saturated rings. The predicted octanol–water partition coefficient (Wildman–Crippen LogP) is 2.41. The first-order valence-electron chi connectivity index (χ1n) is 3.92. The van der Waals surface area contributed by atoms with Crippen LogP contribution in [-0.2, 0) is 0 Å². The van der Waals surface area contributed by atoms with Crippen molar-refractivity contribution in [1.82, 2.24) is 4.98 Å². The monoisotopic (exact) mass is 288 g/mol. The third-order valence-electron chi connectivity index (χ3n) is 1.56. The van der Waals surface area contributed by atoms with Gasteiger partial charge in [0.05, 0.1) is 4.92 Å². The Hall–Kier alpha value is -1.97. The Morgan fingerprint density at radius 3 is 2.44 bits per heavy atom. The number of nitrogens with zero attached hydrogens (tertiary/aromatic N) is 2. The highest BCUT2D eigenvalue weighted by Crippen LogP contribution is 2.33. The molecular formula is C7HClF4N2O4. The molecule has 98 valence electrons. The smallest absolute Gasteiger partial charge is 0.400 e. The van der Waals surface area contributed by atoms with Crippen LogP contribution in [0.2, 0.25) is 0 Å². The highest BCUT2D eigenvalue weighted by atomic mass is 35.5. The second-order valence-corrected chi connectivity index (χ2v) is 3.06. The molecule has 0 atom stereocenters. The third kappa shape index (κ3) is 3.03. The largest absolute Gasteiger partial charge is 0.573 e. The summed E-state index contributed by atoms with van der Waals surface area (Å²) in [6, 6.07) is 0. The van der Waals surface area contributed by atoms with Gasteiger partial charge in [0.2, 0.25) is 11.6 Å². The zero-order valence-electron chi connectivity index (χ0n) is 7.99. The van der Waals surface area contributed by atoms with Crippen LogP contribution in [0, 0.1) is 15.9 Å². The molecular weight excluding hydrogens is 288 g/mol. The molecule has 0 aliphatic carbocycles. The number of hydrogen-bond acceptors (Lipinski definition) is 5. The van der Waals surface area contributed by atoms with Gasteiger partial charge in [0.15, 0.2) is 5.69 Å². The zero-order chi connectivity index (χ0) is 14.1. The molecule has 0 amide bonds. The van der Waals surface area contributed by atoms with E-state index in [1.807, 2.05) is 0 Å². The maximum atomic E-state index is 13.4. The maximum Gasteiger partial charge on any atom is 0.573 e. The summed E-state index contributed by atoms with van der Waals surface area (Å²) < 4.78 is 52.4. The van der Waals surface area contributed by atoms with Crippen molar-refractivity contribution in [2.24, 2.45) is 0 Å². The number of rotatable bonds is 3. The Bertz CT molecular complexity index is 519. The second kappa shape index (κ2) is 4.72. The lowest BCUT2D eigenvalue weighted by molar-refractivity contribution is -0.388. The molecule has 0 aliphatic heterocycles. The summed E-state index contributed by atoms with van der Waals surface area (Å²) in [4.78, 5) is 22.6. The van der Waals surface area contributed by atoms with Gasteiger partial charge in [0, 0.05) is 0 Å². The second-order valence-electron chi connectivity index (χ2n) is 2.71. The van der Waals surface area contributed by atoms with Gasteiger partial charge in [0.1, 0.15) is 6.20 Å². The molecule has 18 heavy (non-hydrogen) atoms. The van der Waals surface area contributed by atoms with Crippen LogP contribution >= 0.6 is 11.6 Å². The van der Waals surface area contributed by atoms with Crippen molar-refractivity contribution in [2.75, 3.05) is 0 Å². The van der Waals surface area contributed by atoms with Gasteiger partial charge >= 0.3 is 12.0 Å². The lowest BCUT2D eigenvalue weighted by Gasteiger charge is -2.11. The number of hydrogen-bond donors (Lipinski definition) is 0. The highest BCUT2D eigenvalue weighted by Gasteiger charge is 2.37. The Morgan fingerprint density at radius 2 is 2.06 bits per heavy atom. The number of aromatic nitrogens is 1. The SMILES string of the molecule is O=C(Cl)c1ncc([N+](=O)[O-])c(F)c1OC(F)(F)F. The van der Waals surface area contributed by atoms with Gasteiger partial charge in [-0.1, -0.05) is 0 Å². The quantitative estimate of drug-likeness (QED) is 0.369. The predicted molar refractivity (Wildman–Crippen MR) is 47.7 cm³/mol. The molecule has 1 aromatic heterocycles. The van der Waals surface area contributed by atoms with Gasteiger partial charge in [-0.25, -0.2) is 4.98 Å². The first-order valence-corrected chi connectivity index (χ1v) is 4.29. The molecule has 0 spiro atoms. The van der Waals surface area contributed by atoms with Gasteiger partial charge in [0.25, 0.3) is 5.24 Å². The Kier molecular flexibility index (Phi) is 3.70. The normalized spacial score (nSPS) is 11.2. The first kappa shape index (κ1) is 14.1. The van der Waals surface area contributed by atoms with E-state index >= 15 is 0 Å². The van der Waals surface area contributed by atoms with Gasteiger partial charge in [-0.15, -0.1) is 13.2 Å². The van der Waals surface area contributed by atoms with Crippen molar-refractivity contribution >= 4 is 22.5 Å². The van der Waals surface area contributed by atoms with E-state index in [1.54, 1.807) is 0 Å². The van der Waals surface area contributed by atoms with Crippen LogP contribution in [0.25, 0.3) is 0 Å². The average molecular weight is 289 g/mol. The number of ether oxygens (including phenoxy) is 1. The summed E-state index contributed by atoms with van der Waals surface area (Å²) in [6.45, 7) is 0. The maximum absolute atomic E-state index is 13.4. The summed E-state index contributed by atoms with van der Waals surface area (Å²) in [5, 5.41) is 8.74. The molecule has 1 heterocycles. The molecule has 6 nitrogen and oxygen atoms in total. The zero-order valence-corrected chi connectivity index (χ0v) is 8.75. The molecule has 0 saturated heterocycles. The summed E-state index contributed by atoms with van der Waals surface area (Å²) in [5.41, 5.74) is -2.59. The van der Waals surface area contributed by atoms with E-state index in [2.05, 4.69) is 9.72 Å². The first-order chi connectivity index (χ1) is 8.13. The number of pyridine rings is 1. The van der Waals surface area contributed by atoms with E-state index in [4.69, 9.17) is 11.6 Å². The van der Waals surface area contributed by atoms with Crippen molar-refractivity contribution < 1.29 is 32.0 Å². The summed E-state index contributed by atoms with van der Waals surface area (Å²) in [5.74, 6) is -3.73. The van der Waals surface area contributed by atoms with Crippen molar-refractivity contribution in [3.63, 3.8) is 0 Å². The third-order valence-corrected chi connectivity index (χ3v) is 1.73.